The van der Waals surface area contributed by atoms with Gasteiger partial charge in [-0.05, 0) is 116 Å². The van der Waals surface area contributed by atoms with E-state index in [2.05, 4.69) is 18.8 Å². The highest BCUT2D eigenvalue weighted by Crippen LogP contribution is 2.68. The van der Waals surface area contributed by atoms with Gasteiger partial charge in [-0.3, -0.25) is 4.98 Å². The maximum Gasteiger partial charge on any atom is 0.0807 e. The molecule has 0 saturated heterocycles. The van der Waals surface area contributed by atoms with Gasteiger partial charge in [0.05, 0.1) is 12.2 Å². The first-order chi connectivity index (χ1) is 13.9. The Labute approximate surface area is 176 Å². The summed E-state index contributed by atoms with van der Waals surface area (Å²) in [6, 6.07) is 3.95. The van der Waals surface area contributed by atoms with Crippen LogP contribution in [-0.2, 0) is 0 Å². The van der Waals surface area contributed by atoms with Gasteiger partial charge in [0.25, 0.3) is 0 Å². The second kappa shape index (κ2) is 7.34. The molecular weight excluding hydrogens is 358 g/mol. The van der Waals surface area contributed by atoms with Crippen LogP contribution in [0, 0.1) is 40.4 Å². The Bertz CT molecular complexity index is 723. The quantitative estimate of drug-likeness (QED) is 0.705. The van der Waals surface area contributed by atoms with Gasteiger partial charge in [0, 0.05) is 12.4 Å². The molecule has 9 atom stereocenters. The number of aromatic nitrogens is 1. The molecule has 2 N–H and O–H groups in total. The zero-order valence-corrected chi connectivity index (χ0v) is 18.3. The Kier molecular flexibility index (Phi) is 5.06. The molecule has 4 aliphatic carbocycles. The predicted molar refractivity (Wildman–Crippen MR) is 115 cm³/mol. The van der Waals surface area contributed by atoms with Crippen molar-refractivity contribution in [1.82, 2.24) is 4.98 Å². The van der Waals surface area contributed by atoms with E-state index in [-0.39, 0.29) is 12.2 Å². The molecule has 0 spiro atoms. The van der Waals surface area contributed by atoms with Crippen molar-refractivity contribution < 1.29 is 10.2 Å². The smallest absolute Gasteiger partial charge is 0.0807 e. The molecule has 6 unspecified atom stereocenters. The molecule has 4 saturated carbocycles. The number of fused-ring (bicyclic) bond motifs is 5. The van der Waals surface area contributed by atoms with Crippen LogP contribution in [0.2, 0.25) is 0 Å². The van der Waals surface area contributed by atoms with Gasteiger partial charge in [-0.2, -0.15) is 0 Å². The van der Waals surface area contributed by atoms with Crippen molar-refractivity contribution in [2.75, 3.05) is 0 Å². The largest absolute Gasteiger partial charge is 0.393 e. The van der Waals surface area contributed by atoms with Crippen LogP contribution in [0.3, 0.4) is 0 Å². The maximum atomic E-state index is 10.9. The zero-order chi connectivity index (χ0) is 20.2. The maximum absolute atomic E-state index is 10.9. The highest BCUT2D eigenvalue weighted by molar-refractivity contribution is 5.14. The van der Waals surface area contributed by atoms with E-state index in [1.54, 1.807) is 6.20 Å². The van der Waals surface area contributed by atoms with Crippen LogP contribution in [-0.4, -0.2) is 21.3 Å². The van der Waals surface area contributed by atoms with Crippen molar-refractivity contribution in [2.45, 2.75) is 90.3 Å². The van der Waals surface area contributed by atoms with Crippen molar-refractivity contribution in [3.05, 3.63) is 30.1 Å². The minimum absolute atomic E-state index is 0.0525. The highest BCUT2D eigenvalue weighted by atomic mass is 16.3. The molecule has 1 heterocycles. The van der Waals surface area contributed by atoms with Gasteiger partial charge < -0.3 is 10.2 Å². The van der Waals surface area contributed by atoms with Gasteiger partial charge in [0.15, 0.2) is 0 Å². The predicted octanol–water partition coefficient (Wildman–Crippen LogP) is 5.52. The van der Waals surface area contributed by atoms with Crippen molar-refractivity contribution in [3.8, 4) is 0 Å². The first-order valence-corrected chi connectivity index (χ1v) is 12.2. The Morgan fingerprint density at radius 1 is 1.03 bits per heavy atom. The minimum atomic E-state index is -0.380. The van der Waals surface area contributed by atoms with E-state index in [0.717, 1.165) is 48.5 Å². The topological polar surface area (TPSA) is 53.4 Å². The fourth-order valence-corrected chi connectivity index (χ4v) is 8.71. The Morgan fingerprint density at radius 2 is 1.83 bits per heavy atom. The molecule has 0 amide bonds. The van der Waals surface area contributed by atoms with Gasteiger partial charge in [-0.25, -0.2) is 0 Å². The van der Waals surface area contributed by atoms with Crippen molar-refractivity contribution in [2.24, 2.45) is 40.4 Å². The molecule has 4 aliphatic rings. The summed E-state index contributed by atoms with van der Waals surface area (Å²) < 4.78 is 0. The molecule has 0 aliphatic heterocycles. The molecule has 29 heavy (non-hydrogen) atoms. The molecule has 0 aromatic carbocycles. The zero-order valence-electron chi connectivity index (χ0n) is 18.3. The third-order valence-electron chi connectivity index (χ3n) is 10.4. The van der Waals surface area contributed by atoms with Gasteiger partial charge in [0.2, 0.25) is 0 Å². The summed E-state index contributed by atoms with van der Waals surface area (Å²) in [7, 11) is 0. The van der Waals surface area contributed by atoms with Crippen molar-refractivity contribution in [1.29, 1.82) is 0 Å². The van der Waals surface area contributed by atoms with Crippen LogP contribution < -0.4 is 0 Å². The van der Waals surface area contributed by atoms with Crippen LogP contribution in [0.5, 0.6) is 0 Å². The lowest BCUT2D eigenvalue weighted by Gasteiger charge is -2.61. The average Bonchev–Trinajstić information content (AvgIpc) is 3.05. The molecule has 3 nitrogen and oxygen atoms in total. The average molecular weight is 398 g/mol. The molecule has 160 valence electrons. The summed E-state index contributed by atoms with van der Waals surface area (Å²) >= 11 is 0. The number of nitrogens with zero attached hydrogens (tertiary/aromatic N) is 1. The lowest BCUT2D eigenvalue weighted by Crippen LogP contribution is -2.53. The molecule has 0 radical (unpaired) electrons. The second-order valence-electron chi connectivity index (χ2n) is 11.4. The SMILES string of the molecule is CC12CC[C@H](O)CC1CCC1C2CCC2(C)C1CC[C@@H]2C[C@@H](O)c1cccnc1. The number of hydrogen-bond acceptors (Lipinski definition) is 3. The fraction of sp³-hybridized carbons (Fsp3) is 0.808. The van der Waals surface area contributed by atoms with Crippen LogP contribution in [0.4, 0.5) is 0 Å². The van der Waals surface area contributed by atoms with Crippen LogP contribution >= 0.6 is 0 Å². The van der Waals surface area contributed by atoms with E-state index in [4.69, 9.17) is 0 Å². The number of hydrogen-bond donors (Lipinski definition) is 2. The number of aliphatic hydroxyl groups is 2. The second-order valence-corrected chi connectivity index (χ2v) is 11.4. The van der Waals surface area contributed by atoms with Crippen molar-refractivity contribution in [3.63, 3.8) is 0 Å². The van der Waals surface area contributed by atoms with Crippen LogP contribution in [0.15, 0.2) is 24.5 Å². The van der Waals surface area contributed by atoms with Gasteiger partial charge in [-0.1, -0.05) is 19.9 Å². The summed E-state index contributed by atoms with van der Waals surface area (Å²) in [5.41, 5.74) is 1.82. The van der Waals surface area contributed by atoms with Crippen LogP contribution in [0.25, 0.3) is 0 Å². The first kappa shape index (κ1) is 20.0. The monoisotopic (exact) mass is 397 g/mol. The lowest BCUT2D eigenvalue weighted by molar-refractivity contribution is -0.128. The summed E-state index contributed by atoms with van der Waals surface area (Å²) in [4.78, 5) is 4.21. The summed E-state index contributed by atoms with van der Waals surface area (Å²) in [5.74, 6) is 3.92. The minimum Gasteiger partial charge on any atom is -0.393 e. The summed E-state index contributed by atoms with van der Waals surface area (Å²) in [6.45, 7) is 5.13. The van der Waals surface area contributed by atoms with Crippen LogP contribution in [0.1, 0.15) is 89.7 Å². The molecule has 1 aromatic heterocycles. The molecular formula is C26H39NO2. The van der Waals surface area contributed by atoms with Gasteiger partial charge in [0.1, 0.15) is 0 Å². The normalized spacial score (nSPS) is 47.7. The summed E-state index contributed by atoms with van der Waals surface area (Å²) in [5, 5.41) is 21.1. The highest BCUT2D eigenvalue weighted by Gasteiger charge is 2.60. The third kappa shape index (κ3) is 3.19. The third-order valence-corrected chi connectivity index (χ3v) is 10.4. The molecule has 3 heteroatoms. The molecule has 0 bridgehead atoms. The standard InChI is InChI=1S/C26H39NO2/c1-25-11-9-20(28)14-18(25)5-7-21-22-8-6-19(26(22,2)12-10-23(21)25)15-24(29)17-4-3-13-27-16-17/h3-4,13,16,18-24,28-29H,5-12,14-15H2,1-2H3/t18?,19-,20+,21?,22?,23?,24-,25?,26?/m1/s1. The van der Waals surface area contributed by atoms with E-state index >= 15 is 0 Å². The number of aliphatic hydroxyl groups excluding tert-OH is 2. The van der Waals surface area contributed by atoms with Gasteiger partial charge >= 0.3 is 0 Å². The van der Waals surface area contributed by atoms with Crippen molar-refractivity contribution >= 4 is 0 Å². The molecule has 5 rings (SSSR count). The van der Waals surface area contributed by atoms with E-state index in [0.29, 0.717) is 16.7 Å². The Hall–Kier alpha value is -0.930. The lowest BCUT2D eigenvalue weighted by atomic mass is 9.44. The summed E-state index contributed by atoms with van der Waals surface area (Å²) in [6.07, 6.45) is 15.4. The number of pyridine rings is 1. The Morgan fingerprint density at radius 3 is 2.62 bits per heavy atom. The van der Waals surface area contributed by atoms with E-state index < -0.39 is 0 Å². The fourth-order valence-electron chi connectivity index (χ4n) is 8.71. The van der Waals surface area contributed by atoms with E-state index in [9.17, 15) is 10.2 Å². The number of rotatable bonds is 3. The molecule has 1 aromatic rings. The van der Waals surface area contributed by atoms with Gasteiger partial charge in [-0.15, -0.1) is 0 Å². The Balaban J connectivity index is 1.33. The molecule has 4 fully saturated rings. The first-order valence-electron chi connectivity index (χ1n) is 12.2. The van der Waals surface area contributed by atoms with E-state index in [1.165, 1.54) is 44.9 Å². The van der Waals surface area contributed by atoms with E-state index in [1.807, 2.05) is 18.3 Å².